The molecule has 0 atom stereocenters. The molecule has 18 heavy (non-hydrogen) atoms. The molecular formula is C12H12BrN3O2. The Kier molecular flexibility index (Phi) is 3.47. The first-order valence-corrected chi connectivity index (χ1v) is 6.31. The van der Waals surface area contributed by atoms with Gasteiger partial charge in [0.1, 0.15) is 5.82 Å². The van der Waals surface area contributed by atoms with Gasteiger partial charge in [-0.1, -0.05) is 6.92 Å². The molecule has 5 nitrogen and oxygen atoms in total. The van der Waals surface area contributed by atoms with Crippen LogP contribution in [0.4, 0.5) is 5.69 Å². The van der Waals surface area contributed by atoms with Crippen molar-refractivity contribution in [2.24, 2.45) is 0 Å². The molecule has 6 heteroatoms. The van der Waals surface area contributed by atoms with Crippen LogP contribution >= 0.6 is 15.9 Å². The molecule has 0 aliphatic rings. The van der Waals surface area contributed by atoms with Gasteiger partial charge in [0, 0.05) is 6.42 Å². The molecule has 94 valence electrons. The molecule has 1 heterocycles. The average molecular weight is 310 g/mol. The Bertz CT molecular complexity index is 679. The maximum absolute atomic E-state index is 11.9. The van der Waals surface area contributed by atoms with Gasteiger partial charge in [-0.15, -0.1) is 0 Å². The number of carbonyl (C=O) groups is 1. The van der Waals surface area contributed by atoms with Crippen LogP contribution < -0.4 is 10.9 Å². The summed E-state index contributed by atoms with van der Waals surface area (Å²) < 4.78 is 0.551. The number of anilines is 1. The number of carbonyl (C=O) groups excluding carboxylic acids is 1. The van der Waals surface area contributed by atoms with Gasteiger partial charge in [-0.3, -0.25) is 9.59 Å². The number of amides is 1. The Morgan fingerprint density at radius 1 is 1.50 bits per heavy atom. The summed E-state index contributed by atoms with van der Waals surface area (Å²) in [6.45, 7) is 3.49. The third kappa shape index (κ3) is 2.28. The summed E-state index contributed by atoms with van der Waals surface area (Å²) in [4.78, 5) is 30.1. The molecule has 2 rings (SSSR count). The summed E-state index contributed by atoms with van der Waals surface area (Å²) in [5.74, 6) is 0.455. The number of H-pyrrole nitrogens is 1. The van der Waals surface area contributed by atoms with Gasteiger partial charge < -0.3 is 10.3 Å². The maximum atomic E-state index is 11.9. The molecule has 0 saturated heterocycles. The highest BCUT2D eigenvalue weighted by Gasteiger charge is 2.11. The highest BCUT2D eigenvalue weighted by atomic mass is 79.9. The van der Waals surface area contributed by atoms with Crippen LogP contribution in [0, 0.1) is 6.92 Å². The van der Waals surface area contributed by atoms with Gasteiger partial charge in [0.2, 0.25) is 5.91 Å². The second kappa shape index (κ2) is 4.89. The fourth-order valence-corrected chi connectivity index (χ4v) is 2.26. The molecule has 0 aliphatic carbocycles. The van der Waals surface area contributed by atoms with Gasteiger partial charge in [-0.05, 0) is 35.0 Å². The Labute approximate surface area is 112 Å². The predicted octanol–water partition coefficient (Wildman–Crippen LogP) is 2.34. The summed E-state index contributed by atoms with van der Waals surface area (Å²) in [6, 6.07) is 3.44. The van der Waals surface area contributed by atoms with Crippen molar-refractivity contribution in [2.45, 2.75) is 20.3 Å². The highest BCUT2D eigenvalue weighted by Crippen LogP contribution is 2.28. The van der Waals surface area contributed by atoms with Crippen molar-refractivity contribution in [1.82, 2.24) is 9.97 Å². The summed E-state index contributed by atoms with van der Waals surface area (Å²) >= 11 is 3.34. The molecule has 0 fully saturated rings. The lowest BCUT2D eigenvalue weighted by Crippen LogP contribution is -2.13. The zero-order valence-corrected chi connectivity index (χ0v) is 11.6. The lowest BCUT2D eigenvalue weighted by atomic mass is 10.2. The third-order valence-electron chi connectivity index (χ3n) is 2.52. The molecule has 0 radical (unpaired) electrons. The standard InChI is InChI=1S/C12H12BrN3O2/c1-3-9(17)16-8-5-4-7-10(11(8)13)12(18)15-6(2)14-7/h4-5H,3H2,1-2H3,(H,16,17)(H,14,15,18). The van der Waals surface area contributed by atoms with Gasteiger partial charge in [-0.2, -0.15) is 0 Å². The van der Waals surface area contributed by atoms with Gasteiger partial charge >= 0.3 is 0 Å². The van der Waals surface area contributed by atoms with E-state index in [0.717, 1.165) is 0 Å². The number of nitrogens with one attached hydrogen (secondary N) is 2. The lowest BCUT2D eigenvalue weighted by molar-refractivity contribution is -0.115. The Balaban J connectivity index is 2.64. The van der Waals surface area contributed by atoms with E-state index in [4.69, 9.17) is 0 Å². The smallest absolute Gasteiger partial charge is 0.259 e. The summed E-state index contributed by atoms with van der Waals surface area (Å²) in [6.07, 6.45) is 0.382. The highest BCUT2D eigenvalue weighted by molar-refractivity contribution is 9.10. The number of aromatic nitrogens is 2. The zero-order chi connectivity index (χ0) is 13.3. The molecular weight excluding hydrogens is 298 g/mol. The van der Waals surface area contributed by atoms with Crippen LogP contribution in [0.1, 0.15) is 19.2 Å². The molecule has 0 spiro atoms. The number of aromatic amines is 1. The Morgan fingerprint density at radius 2 is 2.22 bits per heavy atom. The molecule has 1 aromatic heterocycles. The SMILES string of the molecule is CCC(=O)Nc1ccc2nc(C)[nH]c(=O)c2c1Br. The first-order chi connectivity index (χ1) is 8.52. The molecule has 2 N–H and O–H groups in total. The van der Waals surface area contributed by atoms with E-state index in [1.54, 1.807) is 26.0 Å². The maximum Gasteiger partial charge on any atom is 0.259 e. The van der Waals surface area contributed by atoms with Crippen molar-refractivity contribution in [3.63, 3.8) is 0 Å². The number of hydrogen-bond acceptors (Lipinski definition) is 3. The summed E-state index contributed by atoms with van der Waals surface area (Å²) in [5.41, 5.74) is 0.945. The van der Waals surface area contributed by atoms with Crippen LogP contribution in [0.25, 0.3) is 10.9 Å². The minimum Gasteiger partial charge on any atom is -0.325 e. The van der Waals surface area contributed by atoms with Crippen molar-refractivity contribution in [2.75, 3.05) is 5.32 Å². The van der Waals surface area contributed by atoms with Crippen LogP contribution in [0.15, 0.2) is 21.4 Å². The normalized spacial score (nSPS) is 10.6. The topological polar surface area (TPSA) is 74.8 Å². The van der Waals surface area contributed by atoms with Crippen LogP contribution in [-0.2, 0) is 4.79 Å². The molecule has 2 aromatic rings. The van der Waals surface area contributed by atoms with Crippen LogP contribution in [0.2, 0.25) is 0 Å². The number of benzene rings is 1. The van der Waals surface area contributed by atoms with E-state index < -0.39 is 0 Å². The van der Waals surface area contributed by atoms with Crippen molar-refractivity contribution in [3.8, 4) is 0 Å². The third-order valence-corrected chi connectivity index (χ3v) is 3.35. The van der Waals surface area contributed by atoms with Gasteiger partial charge in [0.05, 0.1) is 21.1 Å². The Hall–Kier alpha value is -1.69. The fourth-order valence-electron chi connectivity index (χ4n) is 1.65. The lowest BCUT2D eigenvalue weighted by Gasteiger charge is -2.08. The van der Waals surface area contributed by atoms with Crippen LogP contribution in [0.3, 0.4) is 0 Å². The van der Waals surface area contributed by atoms with E-state index in [9.17, 15) is 9.59 Å². The number of rotatable bonds is 2. The monoisotopic (exact) mass is 309 g/mol. The number of aryl methyl sites for hydroxylation is 1. The molecule has 1 amide bonds. The van der Waals surface area contributed by atoms with Gasteiger partial charge in [0.25, 0.3) is 5.56 Å². The fraction of sp³-hybridized carbons (Fsp3) is 0.250. The quantitative estimate of drug-likeness (QED) is 0.894. The van der Waals surface area contributed by atoms with Crippen LogP contribution in [0.5, 0.6) is 0 Å². The first-order valence-electron chi connectivity index (χ1n) is 5.52. The van der Waals surface area contributed by atoms with Gasteiger partial charge in [-0.25, -0.2) is 4.98 Å². The number of fused-ring (bicyclic) bond motifs is 1. The number of halogens is 1. The van der Waals surface area contributed by atoms with Crippen molar-refractivity contribution >= 4 is 38.4 Å². The van der Waals surface area contributed by atoms with Crippen molar-refractivity contribution in [3.05, 3.63) is 32.8 Å². The van der Waals surface area contributed by atoms with Crippen molar-refractivity contribution in [1.29, 1.82) is 0 Å². The molecule has 0 bridgehead atoms. The van der Waals surface area contributed by atoms with E-state index in [0.29, 0.717) is 33.3 Å². The first kappa shape index (κ1) is 12.8. The second-order valence-corrected chi connectivity index (χ2v) is 4.67. The van der Waals surface area contributed by atoms with Crippen molar-refractivity contribution < 1.29 is 4.79 Å². The van der Waals surface area contributed by atoms with E-state index in [2.05, 4.69) is 31.2 Å². The summed E-state index contributed by atoms with van der Waals surface area (Å²) in [5, 5.41) is 3.17. The largest absolute Gasteiger partial charge is 0.325 e. The number of hydrogen-bond donors (Lipinski definition) is 2. The minimum atomic E-state index is -0.225. The van der Waals surface area contributed by atoms with E-state index in [1.165, 1.54) is 0 Å². The minimum absolute atomic E-state index is 0.105. The van der Waals surface area contributed by atoms with E-state index in [1.807, 2.05) is 0 Å². The molecule has 1 aromatic carbocycles. The molecule has 0 aliphatic heterocycles. The average Bonchev–Trinajstić information content (AvgIpc) is 2.31. The van der Waals surface area contributed by atoms with Gasteiger partial charge in [0.15, 0.2) is 0 Å². The predicted molar refractivity (Wildman–Crippen MR) is 73.7 cm³/mol. The summed E-state index contributed by atoms with van der Waals surface area (Å²) in [7, 11) is 0. The van der Waals surface area contributed by atoms with Crippen LogP contribution in [-0.4, -0.2) is 15.9 Å². The van der Waals surface area contributed by atoms with E-state index >= 15 is 0 Å². The molecule has 0 saturated carbocycles. The number of nitrogens with zero attached hydrogens (tertiary/aromatic N) is 1. The zero-order valence-electron chi connectivity index (χ0n) is 10.0. The molecule has 0 unspecified atom stereocenters. The van der Waals surface area contributed by atoms with E-state index in [-0.39, 0.29) is 11.5 Å². The Morgan fingerprint density at radius 3 is 2.89 bits per heavy atom. The second-order valence-electron chi connectivity index (χ2n) is 3.87.